The number of hydrogen-bond acceptors (Lipinski definition) is 0. The fourth-order valence-corrected chi connectivity index (χ4v) is 5.66. The number of benzene rings is 2. The summed E-state index contributed by atoms with van der Waals surface area (Å²) in [7, 11) is 4.18. The van der Waals surface area contributed by atoms with Crippen molar-refractivity contribution < 1.29 is 13.2 Å². The van der Waals surface area contributed by atoms with Gasteiger partial charge in [-0.1, -0.05) is 76.9 Å². The average molecular weight is 540 g/mol. The van der Waals surface area contributed by atoms with E-state index in [4.69, 9.17) is 4.11 Å². The minimum absolute atomic E-state index is 0.0978. The van der Waals surface area contributed by atoms with Gasteiger partial charge in [0.05, 0.1) is 0 Å². The van der Waals surface area contributed by atoms with Gasteiger partial charge in [-0.2, -0.15) is 0 Å². The molecule has 0 spiro atoms. The summed E-state index contributed by atoms with van der Waals surface area (Å²) < 4.78 is 27.0. The molecule has 2 nitrogen and oxygen atoms in total. The van der Waals surface area contributed by atoms with Crippen LogP contribution in [-0.4, -0.2) is 0 Å². The third-order valence-corrected chi connectivity index (χ3v) is 7.74. The van der Waals surface area contributed by atoms with Gasteiger partial charge in [0.1, 0.15) is 14.1 Å². The first-order valence-corrected chi connectivity index (χ1v) is 14.3. The molecule has 2 aromatic carbocycles. The van der Waals surface area contributed by atoms with E-state index in [9.17, 15) is 0 Å². The molecule has 40 heavy (non-hydrogen) atoms. The van der Waals surface area contributed by atoms with Gasteiger partial charge in [-0.25, -0.2) is 9.13 Å². The van der Waals surface area contributed by atoms with E-state index in [0.29, 0.717) is 5.56 Å². The summed E-state index contributed by atoms with van der Waals surface area (Å²) in [6, 6.07) is 16.6. The highest BCUT2D eigenvalue weighted by Gasteiger charge is 2.24. The first kappa shape index (κ1) is 26.9. The van der Waals surface area contributed by atoms with Crippen molar-refractivity contribution in [1.29, 1.82) is 0 Å². The van der Waals surface area contributed by atoms with Gasteiger partial charge in [0, 0.05) is 38.5 Å². The van der Waals surface area contributed by atoms with Gasteiger partial charge in [0.15, 0.2) is 12.4 Å². The van der Waals surface area contributed by atoms with E-state index >= 15 is 0 Å². The molecular formula is C38H52N2+2. The molecule has 0 atom stereocenters. The standard InChI is InChI=1S/2C19H26N/c2*1-13-8-9-16(14(2)10-13)18-11-15(3)17(12-20(18)7)19(4,5)6/h2*8-12H,1-7H3/q2*+1/i1D3;. The predicted octanol–water partition coefficient (Wildman–Crippen LogP) is 8.80. The predicted molar refractivity (Wildman–Crippen MR) is 172 cm³/mol. The minimum Gasteiger partial charge on any atom is -0.201 e. The molecule has 0 aliphatic carbocycles. The Hall–Kier alpha value is -3.26. The summed E-state index contributed by atoms with van der Waals surface area (Å²) in [4.78, 5) is 0. The summed E-state index contributed by atoms with van der Waals surface area (Å²) in [6.45, 7) is 22.0. The van der Waals surface area contributed by atoms with Crippen molar-refractivity contribution in [3.05, 3.63) is 105 Å². The van der Waals surface area contributed by atoms with Gasteiger partial charge in [0.25, 0.3) is 0 Å². The van der Waals surface area contributed by atoms with Crippen LogP contribution in [0, 0.1) is 41.5 Å². The molecule has 0 amide bonds. The molecule has 212 valence electrons. The maximum Gasteiger partial charge on any atom is 0.212 e. The molecule has 0 saturated carbocycles. The van der Waals surface area contributed by atoms with Crippen LogP contribution in [0.2, 0.25) is 0 Å². The summed E-state index contributed by atoms with van der Waals surface area (Å²) in [5.41, 5.74) is 14.4. The van der Waals surface area contributed by atoms with Crippen molar-refractivity contribution in [1.82, 2.24) is 0 Å². The highest BCUT2D eigenvalue weighted by Crippen LogP contribution is 2.29. The van der Waals surface area contributed by atoms with E-state index in [1.165, 1.54) is 44.6 Å². The second-order valence-corrected chi connectivity index (χ2v) is 13.6. The summed E-state index contributed by atoms with van der Waals surface area (Å²) >= 11 is 0. The van der Waals surface area contributed by atoms with Gasteiger partial charge in [-0.3, -0.25) is 0 Å². The Balaban J connectivity index is 0.000000238. The van der Waals surface area contributed by atoms with Crippen LogP contribution in [0.3, 0.4) is 0 Å². The lowest BCUT2D eigenvalue weighted by Gasteiger charge is -2.20. The molecule has 0 radical (unpaired) electrons. The second kappa shape index (κ2) is 11.7. The molecule has 0 aliphatic rings. The molecule has 4 rings (SSSR count). The van der Waals surface area contributed by atoms with E-state index < -0.39 is 6.85 Å². The Bertz CT molecular complexity index is 1630. The summed E-state index contributed by atoms with van der Waals surface area (Å²) in [5, 5.41) is 0. The van der Waals surface area contributed by atoms with Crippen LogP contribution in [0.1, 0.15) is 90.2 Å². The lowest BCUT2D eigenvalue weighted by molar-refractivity contribution is -0.661. The molecule has 0 aliphatic heterocycles. The molecule has 0 bridgehead atoms. The normalized spacial score (nSPS) is 13.2. The average Bonchev–Trinajstić information content (AvgIpc) is 2.85. The zero-order valence-corrected chi connectivity index (χ0v) is 27.2. The maximum atomic E-state index is 7.55. The van der Waals surface area contributed by atoms with Crippen molar-refractivity contribution >= 4 is 0 Å². The number of hydrogen-bond donors (Lipinski definition) is 0. The SMILES string of the molecule is Cc1ccc(-c2cc(C)c(C(C)(C)C)c[n+]2C)c(C)c1.[2H]C([2H])([2H])c1ccc(-c2cc(C)c(C(C)(C)C)c[n+]2C)c(C)c1. The lowest BCUT2D eigenvalue weighted by atomic mass is 9.84. The number of rotatable bonds is 2. The van der Waals surface area contributed by atoms with Crippen LogP contribution in [0.5, 0.6) is 0 Å². The number of aromatic nitrogens is 2. The Labute approximate surface area is 249 Å². The molecule has 0 N–H and O–H groups in total. The van der Waals surface area contributed by atoms with Gasteiger partial charge in [0.2, 0.25) is 11.4 Å². The van der Waals surface area contributed by atoms with Crippen LogP contribution in [-0.2, 0) is 24.9 Å². The van der Waals surface area contributed by atoms with Crippen molar-refractivity contribution in [2.24, 2.45) is 14.1 Å². The van der Waals surface area contributed by atoms with Crippen LogP contribution in [0.4, 0.5) is 0 Å². The van der Waals surface area contributed by atoms with E-state index in [0.717, 1.165) is 16.8 Å². The van der Waals surface area contributed by atoms with Crippen molar-refractivity contribution in [2.45, 2.75) is 93.8 Å². The topological polar surface area (TPSA) is 7.76 Å². The van der Waals surface area contributed by atoms with E-state index in [2.05, 4.69) is 128 Å². The number of pyridine rings is 2. The quantitative estimate of drug-likeness (QED) is 0.225. The smallest absolute Gasteiger partial charge is 0.201 e. The van der Waals surface area contributed by atoms with Gasteiger partial charge >= 0.3 is 0 Å². The lowest BCUT2D eigenvalue weighted by Crippen LogP contribution is -2.34. The Morgan fingerprint density at radius 3 is 1.25 bits per heavy atom. The zero-order chi connectivity index (χ0) is 32.7. The van der Waals surface area contributed by atoms with Crippen LogP contribution >= 0.6 is 0 Å². The fourth-order valence-electron chi connectivity index (χ4n) is 5.66. The first-order valence-electron chi connectivity index (χ1n) is 15.8. The molecule has 0 saturated heterocycles. The van der Waals surface area contributed by atoms with Crippen molar-refractivity contribution in [3.63, 3.8) is 0 Å². The molecule has 0 unspecified atom stereocenters. The summed E-state index contributed by atoms with van der Waals surface area (Å²) in [5.74, 6) is 0. The monoisotopic (exact) mass is 539 g/mol. The second-order valence-electron chi connectivity index (χ2n) is 13.6. The molecule has 0 fully saturated rings. The van der Waals surface area contributed by atoms with E-state index in [-0.39, 0.29) is 10.8 Å². The highest BCUT2D eigenvalue weighted by molar-refractivity contribution is 5.63. The van der Waals surface area contributed by atoms with Crippen molar-refractivity contribution in [2.75, 3.05) is 0 Å². The van der Waals surface area contributed by atoms with Crippen LogP contribution in [0.25, 0.3) is 22.5 Å². The number of aryl methyl sites for hydroxylation is 8. The van der Waals surface area contributed by atoms with Gasteiger partial charge in [-0.15, -0.1) is 0 Å². The van der Waals surface area contributed by atoms with E-state index in [1.807, 2.05) is 20.0 Å². The van der Waals surface area contributed by atoms with Crippen LogP contribution in [0.15, 0.2) is 60.9 Å². The number of nitrogens with zero attached hydrogens (tertiary/aromatic N) is 2. The third kappa shape index (κ3) is 7.08. The maximum absolute atomic E-state index is 7.55. The third-order valence-electron chi connectivity index (χ3n) is 7.74. The minimum atomic E-state index is -2.06. The van der Waals surface area contributed by atoms with Gasteiger partial charge < -0.3 is 0 Å². The Morgan fingerprint density at radius 1 is 0.525 bits per heavy atom. The van der Waals surface area contributed by atoms with E-state index in [1.54, 1.807) is 12.1 Å². The highest BCUT2D eigenvalue weighted by atomic mass is 14.9. The van der Waals surface area contributed by atoms with Crippen LogP contribution < -0.4 is 9.13 Å². The Kier molecular flexibility index (Phi) is 7.87. The fraction of sp³-hybridized carbons (Fsp3) is 0.421. The molecular weight excluding hydrogens is 484 g/mol. The zero-order valence-electron chi connectivity index (χ0n) is 30.2. The molecule has 2 heterocycles. The molecule has 2 aromatic heterocycles. The van der Waals surface area contributed by atoms with Gasteiger partial charge in [-0.05, 0) is 86.7 Å². The first-order chi connectivity index (χ1) is 19.6. The molecule has 4 aromatic rings. The Morgan fingerprint density at radius 2 is 0.900 bits per heavy atom. The summed E-state index contributed by atoms with van der Waals surface area (Å²) in [6.07, 6.45) is 4.46. The van der Waals surface area contributed by atoms with Crippen molar-refractivity contribution in [3.8, 4) is 22.5 Å². The largest absolute Gasteiger partial charge is 0.212 e. The molecule has 2 heteroatoms.